The van der Waals surface area contributed by atoms with Gasteiger partial charge in [-0.1, -0.05) is 48.5 Å². The van der Waals surface area contributed by atoms with E-state index >= 15 is 0 Å². The minimum atomic E-state index is -0.911. The minimum Gasteiger partial charge on any atom is -0.454 e. The van der Waals surface area contributed by atoms with Crippen LogP contribution in [-0.4, -0.2) is 18.5 Å². The van der Waals surface area contributed by atoms with Crippen molar-refractivity contribution in [1.29, 1.82) is 0 Å². The number of amides is 1. The number of halogens is 2. The standard InChI is InChI=1S/C22H17F2NO3S/c23-16-11-12-19(18(24)13-16)25-20(26)14-28-22(27)21(15-7-3-1-4-8-15)29-17-9-5-2-6-10-17/h1-13,21H,14H2,(H,25,26)/t21-/m0/s1. The van der Waals surface area contributed by atoms with Gasteiger partial charge < -0.3 is 10.1 Å². The number of ether oxygens (including phenoxy) is 1. The van der Waals surface area contributed by atoms with Crippen LogP contribution in [0.5, 0.6) is 0 Å². The largest absolute Gasteiger partial charge is 0.454 e. The normalized spacial score (nSPS) is 11.5. The fraction of sp³-hybridized carbons (Fsp3) is 0.0909. The zero-order valence-corrected chi connectivity index (χ0v) is 16.0. The highest BCUT2D eigenvalue weighted by Crippen LogP contribution is 2.36. The Bertz CT molecular complexity index is 984. The molecule has 29 heavy (non-hydrogen) atoms. The molecule has 0 fully saturated rings. The summed E-state index contributed by atoms with van der Waals surface area (Å²) in [6, 6.07) is 21.2. The lowest BCUT2D eigenvalue weighted by Gasteiger charge is -2.16. The Morgan fingerprint density at radius 2 is 1.59 bits per heavy atom. The third kappa shape index (κ3) is 5.89. The Balaban J connectivity index is 1.65. The van der Waals surface area contributed by atoms with Gasteiger partial charge in [-0.05, 0) is 29.8 Å². The van der Waals surface area contributed by atoms with Gasteiger partial charge >= 0.3 is 5.97 Å². The Labute approximate surface area is 170 Å². The zero-order valence-electron chi connectivity index (χ0n) is 15.2. The lowest BCUT2D eigenvalue weighted by atomic mass is 10.1. The number of hydrogen-bond acceptors (Lipinski definition) is 4. The van der Waals surface area contributed by atoms with Gasteiger partial charge in [0.2, 0.25) is 0 Å². The third-order valence-corrected chi connectivity index (χ3v) is 5.11. The molecule has 0 aliphatic rings. The number of anilines is 1. The van der Waals surface area contributed by atoms with Gasteiger partial charge in [0.15, 0.2) is 6.61 Å². The molecule has 3 aromatic rings. The van der Waals surface area contributed by atoms with Crippen LogP contribution in [0.1, 0.15) is 10.8 Å². The summed E-state index contributed by atoms with van der Waals surface area (Å²) < 4.78 is 31.7. The molecule has 1 atom stereocenters. The van der Waals surface area contributed by atoms with Crippen molar-refractivity contribution in [3.63, 3.8) is 0 Å². The first-order valence-electron chi connectivity index (χ1n) is 8.71. The van der Waals surface area contributed by atoms with Crippen LogP contribution in [0.3, 0.4) is 0 Å². The molecular weight excluding hydrogens is 396 g/mol. The smallest absolute Gasteiger partial charge is 0.324 e. The van der Waals surface area contributed by atoms with Crippen LogP contribution >= 0.6 is 11.8 Å². The minimum absolute atomic E-state index is 0.189. The van der Waals surface area contributed by atoms with Crippen molar-refractivity contribution in [2.24, 2.45) is 0 Å². The van der Waals surface area contributed by atoms with E-state index in [9.17, 15) is 18.4 Å². The zero-order chi connectivity index (χ0) is 20.6. The molecule has 0 radical (unpaired) electrons. The predicted molar refractivity (Wildman–Crippen MR) is 107 cm³/mol. The molecule has 7 heteroatoms. The fourth-order valence-electron chi connectivity index (χ4n) is 2.50. The maximum atomic E-state index is 13.6. The Morgan fingerprint density at radius 1 is 0.931 bits per heavy atom. The lowest BCUT2D eigenvalue weighted by molar-refractivity contribution is -0.146. The number of nitrogens with one attached hydrogen (secondary N) is 1. The van der Waals surface area contributed by atoms with Crippen LogP contribution in [0.2, 0.25) is 0 Å². The van der Waals surface area contributed by atoms with E-state index < -0.39 is 35.4 Å². The van der Waals surface area contributed by atoms with Gasteiger partial charge in [-0.25, -0.2) is 8.78 Å². The van der Waals surface area contributed by atoms with E-state index in [1.807, 2.05) is 48.5 Å². The molecule has 0 heterocycles. The van der Waals surface area contributed by atoms with E-state index in [-0.39, 0.29) is 5.69 Å². The molecule has 0 aliphatic heterocycles. The number of hydrogen-bond donors (Lipinski definition) is 1. The molecule has 0 spiro atoms. The molecule has 0 bridgehead atoms. The van der Waals surface area contributed by atoms with Gasteiger partial charge in [-0.3, -0.25) is 9.59 Å². The maximum Gasteiger partial charge on any atom is 0.324 e. The van der Waals surface area contributed by atoms with Gasteiger partial charge in [0.25, 0.3) is 5.91 Å². The molecule has 3 aromatic carbocycles. The van der Waals surface area contributed by atoms with Crippen molar-refractivity contribution in [2.75, 3.05) is 11.9 Å². The molecule has 1 N–H and O–H groups in total. The van der Waals surface area contributed by atoms with Gasteiger partial charge in [0, 0.05) is 11.0 Å². The Hall–Kier alpha value is -3.19. The van der Waals surface area contributed by atoms with Crippen LogP contribution in [0.4, 0.5) is 14.5 Å². The molecule has 0 aromatic heterocycles. The van der Waals surface area contributed by atoms with Crippen molar-refractivity contribution in [2.45, 2.75) is 10.1 Å². The summed E-state index contributed by atoms with van der Waals surface area (Å²) in [6.07, 6.45) is 0. The van der Waals surface area contributed by atoms with Crippen LogP contribution in [0, 0.1) is 11.6 Å². The van der Waals surface area contributed by atoms with E-state index in [2.05, 4.69) is 5.32 Å². The van der Waals surface area contributed by atoms with Gasteiger partial charge in [0.05, 0.1) is 5.69 Å². The van der Waals surface area contributed by atoms with Crippen LogP contribution < -0.4 is 5.32 Å². The Morgan fingerprint density at radius 3 is 2.24 bits per heavy atom. The highest BCUT2D eigenvalue weighted by Gasteiger charge is 2.24. The number of esters is 1. The van der Waals surface area contributed by atoms with E-state index in [0.717, 1.165) is 22.6 Å². The lowest BCUT2D eigenvalue weighted by Crippen LogP contribution is -2.23. The number of benzene rings is 3. The second kappa shape index (κ2) is 9.84. The summed E-state index contributed by atoms with van der Waals surface area (Å²) in [5.74, 6) is -2.98. The molecule has 0 saturated carbocycles. The molecule has 0 aliphatic carbocycles. The predicted octanol–water partition coefficient (Wildman–Crippen LogP) is 4.98. The monoisotopic (exact) mass is 413 g/mol. The van der Waals surface area contributed by atoms with Crippen molar-refractivity contribution < 1.29 is 23.1 Å². The molecular formula is C22H17F2NO3S. The fourth-order valence-corrected chi connectivity index (χ4v) is 3.55. The first-order valence-corrected chi connectivity index (χ1v) is 9.59. The molecule has 0 unspecified atom stereocenters. The maximum absolute atomic E-state index is 13.6. The molecule has 0 saturated heterocycles. The first-order chi connectivity index (χ1) is 14.0. The number of carbonyl (C=O) groups is 2. The van der Waals surface area contributed by atoms with E-state index in [1.165, 1.54) is 11.8 Å². The van der Waals surface area contributed by atoms with Crippen molar-refractivity contribution in [1.82, 2.24) is 0 Å². The van der Waals surface area contributed by atoms with E-state index in [4.69, 9.17) is 4.74 Å². The average molecular weight is 413 g/mol. The second-order valence-corrected chi connectivity index (χ2v) is 7.18. The first kappa shape index (κ1) is 20.5. The summed E-state index contributed by atoms with van der Waals surface area (Å²) in [4.78, 5) is 25.6. The number of carbonyl (C=O) groups excluding carboxylic acids is 2. The van der Waals surface area contributed by atoms with Crippen LogP contribution in [0.15, 0.2) is 83.8 Å². The highest BCUT2D eigenvalue weighted by atomic mass is 32.2. The summed E-state index contributed by atoms with van der Waals surface area (Å²) in [6.45, 7) is -0.589. The number of rotatable bonds is 7. The molecule has 148 valence electrons. The molecule has 4 nitrogen and oxygen atoms in total. The third-order valence-electron chi connectivity index (χ3n) is 3.86. The van der Waals surface area contributed by atoms with Crippen molar-refractivity contribution >= 4 is 29.3 Å². The van der Waals surface area contributed by atoms with Gasteiger partial charge in [-0.2, -0.15) is 0 Å². The van der Waals surface area contributed by atoms with E-state index in [0.29, 0.717) is 6.07 Å². The van der Waals surface area contributed by atoms with Crippen molar-refractivity contribution in [3.05, 3.63) is 96.1 Å². The number of thioether (sulfide) groups is 1. The summed E-state index contributed by atoms with van der Waals surface area (Å²) in [7, 11) is 0. The quantitative estimate of drug-likeness (QED) is 0.438. The molecule has 3 rings (SSSR count). The van der Waals surface area contributed by atoms with E-state index in [1.54, 1.807) is 12.1 Å². The van der Waals surface area contributed by atoms with Gasteiger partial charge in [-0.15, -0.1) is 11.8 Å². The average Bonchev–Trinajstić information content (AvgIpc) is 2.74. The van der Waals surface area contributed by atoms with Gasteiger partial charge in [0.1, 0.15) is 16.9 Å². The van der Waals surface area contributed by atoms with Crippen molar-refractivity contribution in [3.8, 4) is 0 Å². The summed E-state index contributed by atoms with van der Waals surface area (Å²) in [5, 5.41) is 1.58. The van der Waals surface area contributed by atoms with Crippen LogP contribution in [-0.2, 0) is 14.3 Å². The summed E-state index contributed by atoms with van der Waals surface area (Å²) in [5.41, 5.74) is 0.544. The van der Waals surface area contributed by atoms with Crippen LogP contribution in [0.25, 0.3) is 0 Å². The highest BCUT2D eigenvalue weighted by molar-refractivity contribution is 8.00. The Kier molecular flexibility index (Phi) is 6.97. The SMILES string of the molecule is O=C(COC(=O)[C@@H](Sc1ccccc1)c1ccccc1)Nc1ccc(F)cc1F. The topological polar surface area (TPSA) is 55.4 Å². The second-order valence-electron chi connectivity index (χ2n) is 6.00. The molecule has 1 amide bonds. The summed E-state index contributed by atoms with van der Waals surface area (Å²) >= 11 is 1.30.